The van der Waals surface area contributed by atoms with Gasteiger partial charge in [0.15, 0.2) is 23.0 Å². The van der Waals surface area contributed by atoms with Crippen LogP contribution in [0.4, 0.5) is 51.2 Å². The third-order valence-corrected chi connectivity index (χ3v) is 12.3. The third kappa shape index (κ3) is 4.43. The van der Waals surface area contributed by atoms with E-state index in [9.17, 15) is 0 Å². The number of fused-ring (bicyclic) bond motifs is 13. The molecule has 0 saturated heterocycles. The molecule has 8 aromatic carbocycles. The number of aromatic nitrogens is 2. The van der Waals surface area contributed by atoms with Gasteiger partial charge in [0.05, 0.1) is 45.2 Å². The molecule has 0 radical (unpaired) electrons. The monoisotopic (exact) mass is 771 g/mol. The van der Waals surface area contributed by atoms with Crippen LogP contribution >= 0.6 is 0 Å². The lowest BCUT2D eigenvalue weighted by Gasteiger charge is -2.46. The molecular formula is C53H33N5O2. The summed E-state index contributed by atoms with van der Waals surface area (Å²) in [5, 5.41) is 0. The highest BCUT2D eigenvalue weighted by molar-refractivity contribution is 5.98. The van der Waals surface area contributed by atoms with E-state index in [-0.39, 0.29) is 0 Å². The van der Waals surface area contributed by atoms with Gasteiger partial charge in [-0.25, -0.2) is 9.97 Å². The smallest absolute Gasteiger partial charge is 0.151 e. The van der Waals surface area contributed by atoms with Gasteiger partial charge in [-0.15, -0.1) is 0 Å². The Morgan fingerprint density at radius 2 is 0.817 bits per heavy atom. The molecule has 13 rings (SSSR count). The zero-order valence-corrected chi connectivity index (χ0v) is 32.1. The number of hydrogen-bond acceptors (Lipinski definition) is 7. The van der Waals surface area contributed by atoms with Crippen molar-refractivity contribution in [1.29, 1.82) is 0 Å². The number of nitrogens with zero attached hydrogens (tertiary/aromatic N) is 5. The van der Waals surface area contributed by atoms with E-state index in [2.05, 4.69) is 154 Å². The highest BCUT2D eigenvalue weighted by Gasteiger charge is 2.53. The maximum atomic E-state index is 6.49. The maximum Gasteiger partial charge on any atom is 0.151 e. The Morgan fingerprint density at radius 1 is 0.367 bits per heavy atom. The maximum absolute atomic E-state index is 6.49. The second-order valence-electron chi connectivity index (χ2n) is 15.4. The SMILES string of the molecule is c1ccc(N2c3ccc(N4c5ccccc5Oc5ccccc54)cc3C3(c4ccccc4-c4ncncc43)c3cc(N4c5ccccc5Oc5ccccc54)ccc32)cc1. The lowest BCUT2D eigenvalue weighted by molar-refractivity contribution is 0.477. The highest BCUT2D eigenvalue weighted by Crippen LogP contribution is 2.65. The molecule has 60 heavy (non-hydrogen) atoms. The van der Waals surface area contributed by atoms with Crippen LogP contribution in [-0.4, -0.2) is 9.97 Å². The first-order valence-electron chi connectivity index (χ1n) is 20.1. The van der Waals surface area contributed by atoms with Crippen LogP contribution in [0, 0.1) is 0 Å². The van der Waals surface area contributed by atoms with Crippen molar-refractivity contribution in [1.82, 2.24) is 9.97 Å². The molecule has 0 unspecified atom stereocenters. The van der Waals surface area contributed by atoms with Crippen molar-refractivity contribution in [3.8, 4) is 34.3 Å². The topological polar surface area (TPSA) is 54.0 Å². The molecule has 9 aromatic rings. The molecule has 0 N–H and O–H groups in total. The van der Waals surface area contributed by atoms with Gasteiger partial charge in [0, 0.05) is 34.4 Å². The van der Waals surface area contributed by atoms with Crippen LogP contribution in [0.1, 0.15) is 22.3 Å². The summed E-state index contributed by atoms with van der Waals surface area (Å²) in [6, 6.07) is 66.3. The van der Waals surface area contributed by atoms with Gasteiger partial charge < -0.3 is 24.2 Å². The molecule has 1 aromatic heterocycles. The number of anilines is 9. The van der Waals surface area contributed by atoms with Crippen LogP contribution in [0.3, 0.4) is 0 Å². The lowest BCUT2D eigenvalue weighted by atomic mass is 9.64. The molecule has 0 amide bonds. The van der Waals surface area contributed by atoms with Crippen LogP contribution in [0.25, 0.3) is 11.3 Å². The number of benzene rings is 8. The number of rotatable bonds is 3. The van der Waals surface area contributed by atoms with Crippen molar-refractivity contribution >= 4 is 51.2 Å². The summed E-state index contributed by atoms with van der Waals surface area (Å²) < 4.78 is 13.0. The first-order chi connectivity index (χ1) is 29.8. The number of hydrogen-bond donors (Lipinski definition) is 0. The van der Waals surface area contributed by atoms with E-state index in [1.54, 1.807) is 6.33 Å². The van der Waals surface area contributed by atoms with Gasteiger partial charge in [-0.3, -0.25) is 0 Å². The van der Waals surface area contributed by atoms with Crippen molar-refractivity contribution < 1.29 is 9.47 Å². The molecule has 1 spiro atoms. The van der Waals surface area contributed by atoms with E-state index in [1.165, 1.54) is 0 Å². The first kappa shape index (κ1) is 32.9. The van der Waals surface area contributed by atoms with Gasteiger partial charge in [-0.05, 0) is 114 Å². The van der Waals surface area contributed by atoms with Gasteiger partial charge in [-0.2, -0.15) is 0 Å². The van der Waals surface area contributed by atoms with Gasteiger partial charge in [0.25, 0.3) is 0 Å². The third-order valence-electron chi connectivity index (χ3n) is 12.3. The fourth-order valence-electron chi connectivity index (χ4n) is 9.97. The fraction of sp³-hybridized carbons (Fsp3) is 0.0189. The van der Waals surface area contributed by atoms with Crippen molar-refractivity contribution in [3.05, 3.63) is 223 Å². The van der Waals surface area contributed by atoms with Crippen molar-refractivity contribution in [2.75, 3.05) is 14.7 Å². The Labute approximate surface area is 346 Å². The average Bonchev–Trinajstić information content (AvgIpc) is 3.61. The van der Waals surface area contributed by atoms with Crippen LogP contribution in [0.15, 0.2) is 201 Å². The second-order valence-corrected chi connectivity index (χ2v) is 15.4. The van der Waals surface area contributed by atoms with Crippen molar-refractivity contribution in [2.24, 2.45) is 0 Å². The number of ether oxygens (including phenoxy) is 2. The van der Waals surface area contributed by atoms with Gasteiger partial charge in [-0.1, -0.05) is 91.0 Å². The zero-order chi connectivity index (χ0) is 39.4. The molecular weight excluding hydrogens is 739 g/mol. The predicted octanol–water partition coefficient (Wildman–Crippen LogP) is 13.8. The van der Waals surface area contributed by atoms with Crippen LogP contribution < -0.4 is 24.2 Å². The largest absolute Gasteiger partial charge is 0.453 e. The molecule has 1 aliphatic carbocycles. The standard InChI is InChI=1S/C53H33N5O2/c1-2-14-34(15-3-1)56-42-28-26-35(57-44-18-6-10-22-48(44)59-49-23-11-7-19-45(49)57)30-39(42)53(38-17-5-4-16-37(38)52-41(53)32-54-33-55-52)40-31-36(27-29-43(40)56)58-46-20-8-12-24-50(46)60-51-25-13-9-21-47(51)58/h1-33H. The Bertz CT molecular complexity index is 2930. The first-order valence-corrected chi connectivity index (χ1v) is 20.1. The molecule has 0 atom stereocenters. The zero-order valence-electron chi connectivity index (χ0n) is 32.1. The quantitative estimate of drug-likeness (QED) is 0.177. The van der Waals surface area contributed by atoms with E-state index in [4.69, 9.17) is 19.4 Å². The molecule has 282 valence electrons. The minimum Gasteiger partial charge on any atom is -0.453 e. The lowest BCUT2D eigenvalue weighted by Crippen LogP contribution is -2.37. The summed E-state index contributed by atoms with van der Waals surface area (Å²) in [4.78, 5) is 16.9. The summed E-state index contributed by atoms with van der Waals surface area (Å²) in [5.74, 6) is 3.22. The average molecular weight is 772 g/mol. The van der Waals surface area contributed by atoms with Crippen LogP contribution in [0.5, 0.6) is 23.0 Å². The summed E-state index contributed by atoms with van der Waals surface area (Å²) in [6.07, 6.45) is 3.71. The van der Waals surface area contributed by atoms with Crippen molar-refractivity contribution in [2.45, 2.75) is 5.41 Å². The van der Waals surface area contributed by atoms with Gasteiger partial charge >= 0.3 is 0 Å². The Kier molecular flexibility index (Phi) is 6.81. The summed E-state index contributed by atoms with van der Waals surface area (Å²) in [7, 11) is 0. The minimum absolute atomic E-state index is 0.806. The van der Waals surface area contributed by atoms with E-state index >= 15 is 0 Å². The Balaban J connectivity index is 1.15. The molecule has 0 bridgehead atoms. The van der Waals surface area contributed by atoms with Crippen LogP contribution in [0.2, 0.25) is 0 Å². The predicted molar refractivity (Wildman–Crippen MR) is 237 cm³/mol. The Morgan fingerprint density at radius 3 is 1.35 bits per heavy atom. The number of para-hydroxylation sites is 9. The summed E-state index contributed by atoms with van der Waals surface area (Å²) in [6.45, 7) is 0. The molecule has 7 nitrogen and oxygen atoms in total. The summed E-state index contributed by atoms with van der Waals surface area (Å²) in [5.41, 5.74) is 14.8. The molecule has 4 heterocycles. The fourth-order valence-corrected chi connectivity index (χ4v) is 9.97. The second kappa shape index (κ2) is 12.4. The van der Waals surface area contributed by atoms with E-state index < -0.39 is 5.41 Å². The van der Waals surface area contributed by atoms with E-state index in [0.717, 1.165) is 108 Å². The minimum atomic E-state index is -0.814. The van der Waals surface area contributed by atoms with Crippen LogP contribution in [-0.2, 0) is 5.41 Å². The normalized spacial score (nSPS) is 14.3. The molecule has 3 aliphatic heterocycles. The van der Waals surface area contributed by atoms with E-state index in [0.29, 0.717) is 0 Å². The van der Waals surface area contributed by atoms with Gasteiger partial charge in [0.1, 0.15) is 6.33 Å². The molecule has 0 saturated carbocycles. The molecule has 0 fully saturated rings. The van der Waals surface area contributed by atoms with Gasteiger partial charge in [0.2, 0.25) is 0 Å². The highest BCUT2D eigenvalue weighted by atomic mass is 16.5. The van der Waals surface area contributed by atoms with E-state index in [1.807, 2.05) is 54.7 Å². The Hall–Kier alpha value is -8.16. The molecule has 4 aliphatic rings. The summed E-state index contributed by atoms with van der Waals surface area (Å²) >= 11 is 0. The van der Waals surface area contributed by atoms with Crippen molar-refractivity contribution in [3.63, 3.8) is 0 Å². The molecule has 7 heteroatoms.